The first-order valence-corrected chi connectivity index (χ1v) is 3.92. The zero-order chi connectivity index (χ0) is 7.19. The molecule has 1 aliphatic rings. The summed E-state index contributed by atoms with van der Waals surface area (Å²) in [6.07, 6.45) is 2.04. The number of hydrogen-bond acceptors (Lipinski definition) is 3. The van der Waals surface area contributed by atoms with Crippen molar-refractivity contribution in [3.63, 3.8) is 0 Å². The average molecular weight is 203 g/mol. The maximum absolute atomic E-state index is 5.84. The van der Waals surface area contributed by atoms with Crippen LogP contribution < -0.4 is 5.73 Å². The molecule has 2 rings (SSSR count). The topological polar surface area (TPSA) is 52.0 Å². The number of rotatable bonds is 1. The first-order valence-electron chi connectivity index (χ1n) is 3.12. The second-order valence-corrected chi connectivity index (χ2v) is 3.45. The van der Waals surface area contributed by atoms with E-state index in [1.54, 1.807) is 0 Å². The Morgan fingerprint density at radius 3 is 2.80 bits per heavy atom. The molecule has 10 heavy (non-hydrogen) atoms. The van der Waals surface area contributed by atoms with Crippen molar-refractivity contribution in [3.8, 4) is 0 Å². The van der Waals surface area contributed by atoms with Gasteiger partial charge >= 0.3 is 0 Å². The molecule has 1 aliphatic carbocycles. The summed E-state index contributed by atoms with van der Waals surface area (Å²) in [5.41, 5.74) is 6.53. The van der Waals surface area contributed by atoms with Crippen molar-refractivity contribution in [1.29, 1.82) is 0 Å². The van der Waals surface area contributed by atoms with Crippen LogP contribution in [-0.2, 0) is 5.54 Å². The number of aromatic nitrogens is 1. The van der Waals surface area contributed by atoms with Crippen molar-refractivity contribution in [3.05, 3.63) is 16.4 Å². The Balaban J connectivity index is 2.34. The number of hydrogen-bond donors (Lipinski definition) is 1. The van der Waals surface area contributed by atoms with Crippen molar-refractivity contribution in [2.24, 2.45) is 5.73 Å². The largest absolute Gasteiger partial charge is 0.349 e. The molecular weight excluding hydrogens is 196 g/mol. The molecule has 0 bridgehead atoms. The van der Waals surface area contributed by atoms with E-state index in [0.717, 1.165) is 18.5 Å². The SMILES string of the molecule is NC1(c2cc(Br)on2)CC1. The lowest BCUT2D eigenvalue weighted by atomic mass is 10.2. The molecule has 1 heterocycles. The second-order valence-electron chi connectivity index (χ2n) is 2.67. The number of halogens is 1. The van der Waals surface area contributed by atoms with Gasteiger partial charge in [0.05, 0.1) is 5.54 Å². The Hall–Kier alpha value is -0.350. The summed E-state index contributed by atoms with van der Waals surface area (Å²) >= 11 is 3.17. The maximum Gasteiger partial charge on any atom is 0.202 e. The smallest absolute Gasteiger partial charge is 0.202 e. The minimum absolute atomic E-state index is 0.171. The van der Waals surface area contributed by atoms with Crippen LogP contribution in [0.3, 0.4) is 0 Å². The Kier molecular flexibility index (Phi) is 1.16. The van der Waals surface area contributed by atoms with Crippen LogP contribution in [0.2, 0.25) is 0 Å². The fourth-order valence-electron chi connectivity index (χ4n) is 0.878. The van der Waals surface area contributed by atoms with E-state index in [1.165, 1.54) is 0 Å². The van der Waals surface area contributed by atoms with Crippen LogP contribution in [-0.4, -0.2) is 5.16 Å². The molecule has 54 valence electrons. The molecule has 0 amide bonds. The molecule has 1 aromatic heterocycles. The van der Waals surface area contributed by atoms with Gasteiger partial charge in [0.25, 0.3) is 0 Å². The second kappa shape index (κ2) is 1.83. The lowest BCUT2D eigenvalue weighted by Gasteiger charge is -1.98. The molecule has 0 spiro atoms. The Bertz CT molecular complexity index is 254. The van der Waals surface area contributed by atoms with E-state index >= 15 is 0 Å². The van der Waals surface area contributed by atoms with E-state index < -0.39 is 0 Å². The molecule has 0 aromatic carbocycles. The van der Waals surface area contributed by atoms with Crippen LogP contribution in [0, 0.1) is 0 Å². The van der Waals surface area contributed by atoms with Gasteiger partial charge in [-0.15, -0.1) is 0 Å². The van der Waals surface area contributed by atoms with Crippen LogP contribution in [0.15, 0.2) is 15.3 Å². The molecule has 0 unspecified atom stereocenters. The highest BCUT2D eigenvalue weighted by molar-refractivity contribution is 9.10. The van der Waals surface area contributed by atoms with Crippen LogP contribution in [0.1, 0.15) is 18.5 Å². The van der Waals surface area contributed by atoms with Crippen molar-refractivity contribution >= 4 is 15.9 Å². The molecule has 1 saturated carbocycles. The van der Waals surface area contributed by atoms with Crippen LogP contribution in [0.5, 0.6) is 0 Å². The standard InChI is InChI=1S/C6H7BrN2O/c7-5-3-4(9-10-5)6(8)1-2-6/h3H,1-2,8H2. The molecular formula is C6H7BrN2O. The fraction of sp³-hybridized carbons (Fsp3) is 0.500. The van der Waals surface area contributed by atoms with Gasteiger partial charge in [0.2, 0.25) is 4.67 Å². The van der Waals surface area contributed by atoms with E-state index in [1.807, 2.05) is 6.07 Å². The summed E-state index contributed by atoms with van der Waals surface area (Å²) in [4.78, 5) is 0. The summed E-state index contributed by atoms with van der Waals surface area (Å²) in [7, 11) is 0. The third kappa shape index (κ3) is 0.876. The summed E-state index contributed by atoms with van der Waals surface area (Å²) in [5.74, 6) is 0. The third-order valence-electron chi connectivity index (χ3n) is 1.78. The van der Waals surface area contributed by atoms with Gasteiger partial charge < -0.3 is 10.3 Å². The number of nitrogens with zero attached hydrogens (tertiary/aromatic N) is 1. The van der Waals surface area contributed by atoms with E-state index in [4.69, 9.17) is 10.3 Å². The Labute approximate surface area is 66.7 Å². The minimum atomic E-state index is -0.171. The first-order chi connectivity index (χ1) is 4.71. The molecule has 0 saturated heterocycles. The molecule has 0 atom stereocenters. The molecule has 1 aromatic rings. The van der Waals surface area contributed by atoms with Gasteiger partial charge in [-0.25, -0.2) is 0 Å². The highest BCUT2D eigenvalue weighted by Gasteiger charge is 2.42. The molecule has 1 fully saturated rings. The lowest BCUT2D eigenvalue weighted by Crippen LogP contribution is -2.18. The minimum Gasteiger partial charge on any atom is -0.349 e. The van der Waals surface area contributed by atoms with Gasteiger partial charge in [-0.1, -0.05) is 5.16 Å². The van der Waals surface area contributed by atoms with Crippen molar-refractivity contribution in [2.45, 2.75) is 18.4 Å². The Morgan fingerprint density at radius 1 is 1.70 bits per heavy atom. The quantitative estimate of drug-likeness (QED) is 0.750. The lowest BCUT2D eigenvalue weighted by molar-refractivity contribution is 0.386. The van der Waals surface area contributed by atoms with Crippen molar-refractivity contribution in [2.75, 3.05) is 0 Å². The van der Waals surface area contributed by atoms with E-state index in [0.29, 0.717) is 4.67 Å². The number of nitrogens with two attached hydrogens (primary N) is 1. The fourth-order valence-corrected chi connectivity index (χ4v) is 1.17. The summed E-state index contributed by atoms with van der Waals surface area (Å²) in [6.45, 7) is 0. The molecule has 3 nitrogen and oxygen atoms in total. The first kappa shape index (κ1) is 6.37. The molecule has 0 aliphatic heterocycles. The summed E-state index contributed by atoms with van der Waals surface area (Å²) in [6, 6.07) is 1.83. The predicted octanol–water partition coefficient (Wildman–Crippen LogP) is 1.38. The van der Waals surface area contributed by atoms with Crippen molar-refractivity contribution < 1.29 is 4.52 Å². The summed E-state index contributed by atoms with van der Waals surface area (Å²) in [5, 5.41) is 3.80. The maximum atomic E-state index is 5.84. The highest BCUT2D eigenvalue weighted by Crippen LogP contribution is 2.42. The van der Waals surface area contributed by atoms with Gasteiger partial charge in [-0.3, -0.25) is 0 Å². The van der Waals surface area contributed by atoms with Gasteiger partial charge in [0, 0.05) is 6.07 Å². The zero-order valence-corrected chi connectivity index (χ0v) is 6.89. The predicted molar refractivity (Wildman–Crippen MR) is 39.3 cm³/mol. The normalized spacial score (nSPS) is 21.0. The molecule has 0 radical (unpaired) electrons. The van der Waals surface area contributed by atoms with Gasteiger partial charge in [0.1, 0.15) is 5.69 Å². The van der Waals surface area contributed by atoms with Crippen LogP contribution in [0.25, 0.3) is 0 Å². The van der Waals surface area contributed by atoms with E-state index in [9.17, 15) is 0 Å². The van der Waals surface area contributed by atoms with Crippen LogP contribution in [0.4, 0.5) is 0 Å². The van der Waals surface area contributed by atoms with Crippen molar-refractivity contribution in [1.82, 2.24) is 5.16 Å². The van der Waals surface area contributed by atoms with Gasteiger partial charge in [0.15, 0.2) is 0 Å². The van der Waals surface area contributed by atoms with Gasteiger partial charge in [-0.2, -0.15) is 0 Å². The third-order valence-corrected chi connectivity index (χ3v) is 2.15. The zero-order valence-electron chi connectivity index (χ0n) is 5.30. The van der Waals surface area contributed by atoms with E-state index in [2.05, 4.69) is 21.1 Å². The summed E-state index contributed by atoms with van der Waals surface area (Å²) < 4.78 is 5.47. The van der Waals surface area contributed by atoms with E-state index in [-0.39, 0.29) is 5.54 Å². The van der Waals surface area contributed by atoms with Gasteiger partial charge in [-0.05, 0) is 28.8 Å². The highest BCUT2D eigenvalue weighted by atomic mass is 79.9. The monoisotopic (exact) mass is 202 g/mol. The van der Waals surface area contributed by atoms with Crippen LogP contribution >= 0.6 is 15.9 Å². The molecule has 2 N–H and O–H groups in total. The average Bonchev–Trinajstić information content (AvgIpc) is 2.45. The Morgan fingerprint density at radius 2 is 2.40 bits per heavy atom. The molecule has 4 heteroatoms.